The van der Waals surface area contributed by atoms with E-state index in [0.29, 0.717) is 19.0 Å². The van der Waals surface area contributed by atoms with E-state index in [1.165, 1.54) is 0 Å². The summed E-state index contributed by atoms with van der Waals surface area (Å²) >= 11 is 0. The van der Waals surface area contributed by atoms with E-state index >= 15 is 0 Å². The van der Waals surface area contributed by atoms with Crippen LogP contribution in [0.15, 0.2) is 24.3 Å². The van der Waals surface area contributed by atoms with E-state index in [-0.39, 0.29) is 5.91 Å². The molecule has 2 rings (SSSR count). The summed E-state index contributed by atoms with van der Waals surface area (Å²) in [6, 6.07) is 8.41. The lowest BCUT2D eigenvalue weighted by Crippen LogP contribution is -2.40. The third-order valence-corrected chi connectivity index (χ3v) is 2.70. The molecule has 1 heterocycles. The van der Waals surface area contributed by atoms with E-state index in [0.717, 1.165) is 24.5 Å². The summed E-state index contributed by atoms with van der Waals surface area (Å²) in [5.74, 6) is 0.0700. The minimum Gasteiger partial charge on any atom is -0.378 e. The summed E-state index contributed by atoms with van der Waals surface area (Å²) in [5, 5.41) is 6.15. The number of amides is 1. The second-order valence-electron chi connectivity index (χ2n) is 4.21. The molecule has 0 aliphatic carbocycles. The maximum Gasteiger partial charge on any atom is 0.224 e. The highest BCUT2D eigenvalue weighted by molar-refractivity contribution is 5.78. The number of benzene rings is 1. The number of ether oxygens (including phenoxy) is 1. The van der Waals surface area contributed by atoms with Gasteiger partial charge >= 0.3 is 0 Å². The van der Waals surface area contributed by atoms with Crippen LogP contribution in [0.25, 0.3) is 0 Å². The molecule has 4 nitrogen and oxygen atoms in total. The van der Waals surface area contributed by atoms with Crippen LogP contribution in [0.2, 0.25) is 0 Å². The Morgan fingerprint density at radius 3 is 2.59 bits per heavy atom. The smallest absolute Gasteiger partial charge is 0.224 e. The third-order valence-electron chi connectivity index (χ3n) is 2.70. The normalized spacial score (nSPS) is 15.1. The van der Waals surface area contributed by atoms with Crippen LogP contribution in [0.1, 0.15) is 12.5 Å². The van der Waals surface area contributed by atoms with Gasteiger partial charge < -0.3 is 15.4 Å². The highest BCUT2D eigenvalue weighted by atomic mass is 16.5. The van der Waals surface area contributed by atoms with E-state index in [2.05, 4.69) is 10.6 Å². The zero-order valence-electron chi connectivity index (χ0n) is 10.0. The molecule has 1 amide bonds. The Hall–Kier alpha value is -1.55. The van der Waals surface area contributed by atoms with Crippen molar-refractivity contribution >= 4 is 11.6 Å². The predicted molar refractivity (Wildman–Crippen MR) is 67.1 cm³/mol. The summed E-state index contributed by atoms with van der Waals surface area (Å²) in [4.78, 5) is 11.4. The van der Waals surface area contributed by atoms with Gasteiger partial charge in [0.1, 0.15) is 0 Å². The topological polar surface area (TPSA) is 50.4 Å². The van der Waals surface area contributed by atoms with Crippen molar-refractivity contribution in [3.8, 4) is 0 Å². The Kier molecular flexibility index (Phi) is 3.98. The molecule has 0 atom stereocenters. The standard InChI is InChI=1S/C13H18N2O2/c1-2-14-13(16)7-10-3-5-11(6-4-10)15-12-8-17-9-12/h3-6,12,15H,2,7-9H2,1H3,(H,14,16). The fourth-order valence-corrected chi connectivity index (χ4v) is 1.72. The van der Waals surface area contributed by atoms with Crippen molar-refractivity contribution in [1.82, 2.24) is 5.32 Å². The number of carbonyl (C=O) groups excluding carboxylic acids is 1. The van der Waals surface area contributed by atoms with Crippen molar-refractivity contribution in [2.45, 2.75) is 19.4 Å². The number of likely N-dealkylation sites (N-methyl/N-ethyl adjacent to an activating group) is 1. The number of hydrogen-bond acceptors (Lipinski definition) is 3. The second kappa shape index (κ2) is 5.68. The van der Waals surface area contributed by atoms with Crippen LogP contribution < -0.4 is 10.6 Å². The van der Waals surface area contributed by atoms with Gasteiger partial charge in [-0.25, -0.2) is 0 Å². The summed E-state index contributed by atoms with van der Waals surface area (Å²) in [7, 11) is 0. The van der Waals surface area contributed by atoms with E-state index in [9.17, 15) is 4.79 Å². The molecule has 4 heteroatoms. The van der Waals surface area contributed by atoms with Crippen LogP contribution >= 0.6 is 0 Å². The first-order valence-corrected chi connectivity index (χ1v) is 5.98. The van der Waals surface area contributed by atoms with Gasteiger partial charge in [0, 0.05) is 12.2 Å². The fraction of sp³-hybridized carbons (Fsp3) is 0.462. The first-order chi connectivity index (χ1) is 8.28. The molecule has 0 unspecified atom stereocenters. The number of nitrogens with one attached hydrogen (secondary N) is 2. The molecule has 1 aliphatic rings. The van der Waals surface area contributed by atoms with Gasteiger partial charge in [-0.15, -0.1) is 0 Å². The van der Waals surface area contributed by atoms with E-state index in [4.69, 9.17) is 4.74 Å². The highest BCUT2D eigenvalue weighted by Crippen LogP contribution is 2.14. The maximum absolute atomic E-state index is 11.4. The van der Waals surface area contributed by atoms with Crippen LogP contribution in [-0.2, 0) is 16.0 Å². The Morgan fingerprint density at radius 1 is 1.35 bits per heavy atom. The zero-order valence-corrected chi connectivity index (χ0v) is 10.0. The largest absolute Gasteiger partial charge is 0.378 e. The quantitative estimate of drug-likeness (QED) is 0.804. The monoisotopic (exact) mass is 234 g/mol. The maximum atomic E-state index is 11.4. The molecule has 1 fully saturated rings. The van der Waals surface area contributed by atoms with Crippen molar-refractivity contribution in [2.75, 3.05) is 25.1 Å². The van der Waals surface area contributed by atoms with Gasteiger partial charge in [-0.1, -0.05) is 12.1 Å². The molecule has 17 heavy (non-hydrogen) atoms. The fourth-order valence-electron chi connectivity index (χ4n) is 1.72. The van der Waals surface area contributed by atoms with Gasteiger partial charge in [0.25, 0.3) is 0 Å². The second-order valence-corrected chi connectivity index (χ2v) is 4.21. The van der Waals surface area contributed by atoms with E-state index in [1.54, 1.807) is 0 Å². The molecule has 1 aliphatic heterocycles. The lowest BCUT2D eigenvalue weighted by Gasteiger charge is -2.27. The molecule has 1 aromatic rings. The first kappa shape index (κ1) is 11.9. The van der Waals surface area contributed by atoms with Gasteiger partial charge in [0.2, 0.25) is 5.91 Å². The van der Waals surface area contributed by atoms with Gasteiger partial charge in [0.15, 0.2) is 0 Å². The first-order valence-electron chi connectivity index (χ1n) is 5.98. The number of anilines is 1. The van der Waals surface area contributed by atoms with Crippen molar-refractivity contribution in [2.24, 2.45) is 0 Å². The molecule has 1 aromatic carbocycles. The van der Waals surface area contributed by atoms with E-state index in [1.807, 2.05) is 31.2 Å². The van der Waals surface area contributed by atoms with Crippen molar-refractivity contribution in [1.29, 1.82) is 0 Å². The summed E-state index contributed by atoms with van der Waals surface area (Å²) in [6.07, 6.45) is 0.445. The molecule has 0 spiro atoms. The van der Waals surface area contributed by atoms with E-state index < -0.39 is 0 Å². The molecule has 2 N–H and O–H groups in total. The lowest BCUT2D eigenvalue weighted by atomic mass is 10.1. The zero-order chi connectivity index (χ0) is 12.1. The minimum absolute atomic E-state index is 0.0700. The van der Waals surface area contributed by atoms with Crippen LogP contribution in [0.5, 0.6) is 0 Å². The molecule has 0 saturated carbocycles. The molecular weight excluding hydrogens is 216 g/mol. The minimum atomic E-state index is 0.0700. The van der Waals surface area contributed by atoms with Gasteiger partial charge in [-0.2, -0.15) is 0 Å². The number of carbonyl (C=O) groups is 1. The van der Waals surface area contributed by atoms with Crippen LogP contribution in [0, 0.1) is 0 Å². The SMILES string of the molecule is CCNC(=O)Cc1ccc(NC2COC2)cc1. The van der Waals surface area contributed by atoms with Gasteiger partial charge in [-0.05, 0) is 24.6 Å². The Morgan fingerprint density at radius 2 is 2.06 bits per heavy atom. The average Bonchev–Trinajstić information content (AvgIpc) is 2.26. The molecule has 0 aromatic heterocycles. The number of hydrogen-bond donors (Lipinski definition) is 2. The molecule has 92 valence electrons. The van der Waals surface area contributed by atoms with Crippen molar-refractivity contribution < 1.29 is 9.53 Å². The molecule has 0 radical (unpaired) electrons. The summed E-state index contributed by atoms with van der Waals surface area (Å²) in [5.41, 5.74) is 2.12. The number of rotatable bonds is 5. The summed E-state index contributed by atoms with van der Waals surface area (Å²) in [6.45, 7) is 4.16. The van der Waals surface area contributed by atoms with Gasteiger partial charge in [0.05, 0.1) is 25.7 Å². The van der Waals surface area contributed by atoms with Crippen LogP contribution in [0.3, 0.4) is 0 Å². The molecule has 0 bridgehead atoms. The average molecular weight is 234 g/mol. The molecular formula is C13H18N2O2. The van der Waals surface area contributed by atoms with Crippen molar-refractivity contribution in [3.05, 3.63) is 29.8 Å². The summed E-state index contributed by atoms with van der Waals surface area (Å²) < 4.78 is 5.09. The Balaban J connectivity index is 1.86. The lowest BCUT2D eigenvalue weighted by molar-refractivity contribution is -0.120. The van der Waals surface area contributed by atoms with Gasteiger partial charge in [-0.3, -0.25) is 4.79 Å². The molecule has 1 saturated heterocycles. The predicted octanol–water partition coefficient (Wildman–Crippen LogP) is 1.18. The highest BCUT2D eigenvalue weighted by Gasteiger charge is 2.17. The third kappa shape index (κ3) is 3.46. The van der Waals surface area contributed by atoms with Crippen LogP contribution in [0.4, 0.5) is 5.69 Å². The Labute approximate surface area is 101 Å². The van der Waals surface area contributed by atoms with Crippen molar-refractivity contribution in [3.63, 3.8) is 0 Å². The Bertz CT molecular complexity index is 372. The van der Waals surface area contributed by atoms with Crippen LogP contribution in [-0.4, -0.2) is 31.7 Å².